The lowest BCUT2D eigenvalue weighted by atomic mass is 10.3. The Morgan fingerprint density at radius 2 is 1.57 bits per heavy atom. The molecule has 1 fully saturated rings. The molecule has 0 radical (unpaired) electrons. The molecule has 1 aliphatic rings. The first-order valence-electron chi connectivity index (χ1n) is 5.87. The maximum atomic E-state index is 5.48. The van der Waals surface area contributed by atoms with Crippen molar-refractivity contribution < 1.29 is 9.47 Å². The summed E-state index contributed by atoms with van der Waals surface area (Å²) >= 11 is 0. The Balaban J connectivity index is 0. The quantitative estimate of drug-likeness (QED) is 0.643. The molecule has 0 spiro atoms. The Labute approximate surface area is 90.0 Å². The van der Waals surface area contributed by atoms with Crippen LogP contribution < -0.4 is 0 Å². The highest BCUT2D eigenvalue weighted by molar-refractivity contribution is 4.68. The lowest BCUT2D eigenvalue weighted by Gasteiger charge is -2.16. The third-order valence-corrected chi connectivity index (χ3v) is 1.52. The van der Waals surface area contributed by atoms with E-state index in [4.69, 9.17) is 9.47 Å². The minimum Gasteiger partial charge on any atom is -0.348 e. The zero-order valence-electron chi connectivity index (χ0n) is 11.0. The van der Waals surface area contributed by atoms with Gasteiger partial charge in [-0.15, -0.1) is 0 Å². The fraction of sp³-hybridized carbons (Fsp3) is 1.00. The summed E-state index contributed by atoms with van der Waals surface area (Å²) in [6, 6.07) is 0. The predicted octanol–water partition coefficient (Wildman–Crippen LogP) is 3.99. The second kappa shape index (κ2) is 9.47. The van der Waals surface area contributed by atoms with Crippen molar-refractivity contribution in [3.8, 4) is 0 Å². The van der Waals surface area contributed by atoms with E-state index in [1.807, 2.05) is 27.7 Å². The van der Waals surface area contributed by atoms with E-state index >= 15 is 0 Å². The summed E-state index contributed by atoms with van der Waals surface area (Å²) in [5.41, 5.74) is 0. The number of rotatable bonds is 1. The van der Waals surface area contributed by atoms with Gasteiger partial charge in [-0.05, 0) is 20.3 Å². The molecular formula is C12H28O2. The Kier molecular flexibility index (Phi) is 11.1. The highest BCUT2D eigenvalue weighted by atomic mass is 16.7. The molecule has 1 atom stereocenters. The third-order valence-electron chi connectivity index (χ3n) is 1.52. The number of ether oxygens (including phenoxy) is 2. The first-order valence-corrected chi connectivity index (χ1v) is 5.87. The van der Waals surface area contributed by atoms with Crippen LogP contribution in [0.15, 0.2) is 0 Å². The van der Waals surface area contributed by atoms with Gasteiger partial charge in [-0.1, -0.05) is 41.0 Å². The first-order chi connectivity index (χ1) is 6.55. The maximum absolute atomic E-state index is 5.48. The molecule has 1 rings (SSSR count). The van der Waals surface area contributed by atoms with E-state index in [0.717, 1.165) is 13.0 Å². The van der Waals surface area contributed by atoms with Crippen molar-refractivity contribution in [3.63, 3.8) is 0 Å². The Hall–Kier alpha value is -0.0800. The van der Waals surface area contributed by atoms with Gasteiger partial charge in [-0.3, -0.25) is 0 Å². The fourth-order valence-corrected chi connectivity index (χ4v) is 0.964. The molecule has 14 heavy (non-hydrogen) atoms. The molecule has 0 aromatic carbocycles. The minimum atomic E-state index is -0.333. The minimum absolute atomic E-state index is 0.319. The highest BCUT2D eigenvalue weighted by Gasteiger charge is 2.31. The van der Waals surface area contributed by atoms with E-state index < -0.39 is 0 Å². The van der Waals surface area contributed by atoms with Gasteiger partial charge in [-0.25, -0.2) is 0 Å². The van der Waals surface area contributed by atoms with E-state index in [1.54, 1.807) is 0 Å². The summed E-state index contributed by atoms with van der Waals surface area (Å²) in [7, 11) is 0. The molecule has 0 aromatic heterocycles. The van der Waals surface area contributed by atoms with Gasteiger partial charge in [0.15, 0.2) is 5.79 Å². The standard InChI is InChI=1S/C7H14O2.C3H8.C2H6/c1-4-6-5-8-7(2,3)9-6;1-3-2;1-2/h6H,4-5H2,1-3H3;3H2,1-2H3;1-2H3. The summed E-state index contributed by atoms with van der Waals surface area (Å²) < 4.78 is 10.8. The van der Waals surface area contributed by atoms with E-state index in [2.05, 4.69) is 20.8 Å². The monoisotopic (exact) mass is 204 g/mol. The van der Waals surface area contributed by atoms with Crippen LogP contribution in [0.1, 0.15) is 61.3 Å². The molecule has 88 valence electrons. The van der Waals surface area contributed by atoms with Crippen LogP contribution in [0.4, 0.5) is 0 Å². The fourth-order valence-electron chi connectivity index (χ4n) is 0.964. The van der Waals surface area contributed by atoms with Crippen LogP contribution in [-0.4, -0.2) is 18.5 Å². The van der Waals surface area contributed by atoms with Gasteiger partial charge >= 0.3 is 0 Å². The average Bonchev–Trinajstić information content (AvgIpc) is 2.50. The van der Waals surface area contributed by atoms with E-state index in [9.17, 15) is 0 Å². The molecule has 2 heteroatoms. The predicted molar refractivity (Wildman–Crippen MR) is 62.5 cm³/mol. The lowest BCUT2D eigenvalue weighted by molar-refractivity contribution is -0.138. The van der Waals surface area contributed by atoms with Crippen molar-refractivity contribution in [2.24, 2.45) is 0 Å². The highest BCUT2D eigenvalue weighted by Crippen LogP contribution is 2.23. The molecule has 0 saturated carbocycles. The van der Waals surface area contributed by atoms with Gasteiger partial charge in [0.25, 0.3) is 0 Å². The average molecular weight is 204 g/mol. The summed E-state index contributed by atoms with van der Waals surface area (Å²) in [5.74, 6) is -0.333. The molecule has 0 N–H and O–H groups in total. The van der Waals surface area contributed by atoms with E-state index in [-0.39, 0.29) is 5.79 Å². The molecule has 0 amide bonds. The van der Waals surface area contributed by atoms with Gasteiger partial charge in [0.2, 0.25) is 0 Å². The summed E-state index contributed by atoms with van der Waals surface area (Å²) in [6.07, 6.45) is 2.61. The number of hydrogen-bond donors (Lipinski definition) is 0. The Bertz CT molecular complexity index is 111. The molecule has 0 aromatic rings. The summed E-state index contributed by atoms with van der Waals surface area (Å²) in [4.78, 5) is 0. The van der Waals surface area contributed by atoms with Crippen molar-refractivity contribution in [1.82, 2.24) is 0 Å². The molecule has 1 heterocycles. The second-order valence-corrected chi connectivity index (χ2v) is 3.57. The summed E-state index contributed by atoms with van der Waals surface area (Å²) in [6.45, 7) is 15.0. The number of hydrogen-bond acceptors (Lipinski definition) is 2. The normalized spacial score (nSPS) is 22.9. The van der Waals surface area contributed by atoms with Crippen molar-refractivity contribution in [1.29, 1.82) is 0 Å². The maximum Gasteiger partial charge on any atom is 0.163 e. The lowest BCUT2D eigenvalue weighted by Crippen LogP contribution is -2.21. The van der Waals surface area contributed by atoms with Crippen LogP contribution in [0.3, 0.4) is 0 Å². The van der Waals surface area contributed by atoms with Crippen molar-refractivity contribution in [3.05, 3.63) is 0 Å². The van der Waals surface area contributed by atoms with Gasteiger partial charge in [0.05, 0.1) is 12.7 Å². The van der Waals surface area contributed by atoms with E-state index in [0.29, 0.717) is 6.10 Å². The molecule has 0 aliphatic carbocycles. The smallest absolute Gasteiger partial charge is 0.163 e. The van der Waals surface area contributed by atoms with Crippen LogP contribution in [0, 0.1) is 0 Å². The van der Waals surface area contributed by atoms with Gasteiger partial charge in [0, 0.05) is 0 Å². The third kappa shape index (κ3) is 8.52. The molecule has 0 bridgehead atoms. The molecule has 1 saturated heterocycles. The molecular weight excluding hydrogens is 176 g/mol. The Morgan fingerprint density at radius 1 is 1.14 bits per heavy atom. The van der Waals surface area contributed by atoms with Gasteiger partial charge < -0.3 is 9.47 Å². The molecule has 1 unspecified atom stereocenters. The largest absolute Gasteiger partial charge is 0.348 e. The van der Waals surface area contributed by atoms with E-state index in [1.165, 1.54) is 6.42 Å². The van der Waals surface area contributed by atoms with Crippen molar-refractivity contribution >= 4 is 0 Å². The van der Waals surface area contributed by atoms with Crippen LogP contribution in [-0.2, 0) is 9.47 Å². The summed E-state index contributed by atoms with van der Waals surface area (Å²) in [5, 5.41) is 0. The van der Waals surface area contributed by atoms with Crippen LogP contribution in [0.2, 0.25) is 0 Å². The zero-order valence-corrected chi connectivity index (χ0v) is 11.0. The van der Waals surface area contributed by atoms with Crippen LogP contribution >= 0.6 is 0 Å². The topological polar surface area (TPSA) is 18.5 Å². The first kappa shape index (κ1) is 16.4. The van der Waals surface area contributed by atoms with Crippen LogP contribution in [0.5, 0.6) is 0 Å². The molecule has 1 aliphatic heterocycles. The SMILES string of the molecule is CC.CCC.CCC1COC(C)(C)O1. The zero-order chi connectivity index (χ0) is 11.6. The van der Waals surface area contributed by atoms with Gasteiger partial charge in [-0.2, -0.15) is 0 Å². The van der Waals surface area contributed by atoms with Crippen molar-refractivity contribution in [2.75, 3.05) is 6.61 Å². The second-order valence-electron chi connectivity index (χ2n) is 3.57. The molecule has 2 nitrogen and oxygen atoms in total. The van der Waals surface area contributed by atoms with Crippen molar-refractivity contribution in [2.45, 2.75) is 73.2 Å². The Morgan fingerprint density at radius 3 is 1.71 bits per heavy atom. The van der Waals surface area contributed by atoms with Crippen LogP contribution in [0.25, 0.3) is 0 Å². The van der Waals surface area contributed by atoms with Gasteiger partial charge in [0.1, 0.15) is 0 Å².